The molecule has 0 aliphatic carbocycles. The van der Waals surface area contributed by atoms with E-state index >= 15 is 0 Å². The molecule has 122 valence electrons. The van der Waals surface area contributed by atoms with Crippen molar-refractivity contribution in [2.24, 2.45) is 0 Å². The zero-order valence-electron chi connectivity index (χ0n) is 12.6. The molecule has 6 heteroatoms. The number of halogens is 4. The lowest BCUT2D eigenvalue weighted by Crippen LogP contribution is -2.29. The lowest BCUT2D eigenvalue weighted by molar-refractivity contribution is 0.0929. The Balaban J connectivity index is 2.29. The molecular weight excluding hydrogens is 310 g/mol. The van der Waals surface area contributed by atoms with Crippen molar-refractivity contribution in [1.82, 2.24) is 5.32 Å². The highest BCUT2D eigenvalue weighted by Gasteiger charge is 2.24. The summed E-state index contributed by atoms with van der Waals surface area (Å²) in [6.45, 7) is 3.70. The molecule has 0 aromatic heterocycles. The molecule has 0 saturated heterocycles. The number of benzene rings is 2. The molecule has 2 rings (SSSR count). The Morgan fingerprint density at radius 3 is 2.22 bits per heavy atom. The molecule has 0 fully saturated rings. The maximum absolute atomic E-state index is 13.7. The number of hydrogen-bond acceptors (Lipinski definition) is 1. The van der Waals surface area contributed by atoms with Gasteiger partial charge in [-0.2, -0.15) is 0 Å². The molecule has 0 spiro atoms. The first-order valence-electron chi connectivity index (χ1n) is 7.05. The fourth-order valence-corrected chi connectivity index (χ4v) is 2.19. The van der Waals surface area contributed by atoms with E-state index in [0.29, 0.717) is 12.5 Å². The fraction of sp³-hybridized carbons (Fsp3) is 0.235. The number of carbonyl (C=O) groups excluding carboxylic acids is 1. The van der Waals surface area contributed by atoms with Crippen LogP contribution in [-0.4, -0.2) is 5.91 Å². The SMILES string of the molecule is CCC(NC(=O)c1cc(F)c(F)c(F)c1F)c1ccc(C)cc1. The van der Waals surface area contributed by atoms with Crippen LogP contribution < -0.4 is 5.32 Å². The van der Waals surface area contributed by atoms with Gasteiger partial charge in [0, 0.05) is 0 Å². The number of rotatable bonds is 4. The normalized spacial score (nSPS) is 12.1. The number of amides is 1. The predicted molar refractivity (Wildman–Crippen MR) is 78.0 cm³/mol. The lowest BCUT2D eigenvalue weighted by atomic mass is 10.0. The zero-order valence-corrected chi connectivity index (χ0v) is 12.6. The Kier molecular flexibility index (Phi) is 5.03. The quantitative estimate of drug-likeness (QED) is 0.503. The van der Waals surface area contributed by atoms with E-state index in [9.17, 15) is 22.4 Å². The second-order valence-corrected chi connectivity index (χ2v) is 5.19. The number of aryl methyl sites for hydroxylation is 1. The van der Waals surface area contributed by atoms with Crippen molar-refractivity contribution in [3.63, 3.8) is 0 Å². The minimum absolute atomic E-state index is 0.352. The molecule has 23 heavy (non-hydrogen) atoms. The molecule has 1 unspecified atom stereocenters. The van der Waals surface area contributed by atoms with Gasteiger partial charge in [-0.1, -0.05) is 36.8 Å². The third kappa shape index (κ3) is 3.52. The van der Waals surface area contributed by atoms with Crippen LogP contribution in [0, 0.1) is 30.2 Å². The third-order valence-electron chi connectivity index (χ3n) is 3.54. The van der Waals surface area contributed by atoms with Gasteiger partial charge in [-0.3, -0.25) is 4.79 Å². The highest BCUT2D eigenvalue weighted by atomic mass is 19.2. The molecule has 1 atom stereocenters. The van der Waals surface area contributed by atoms with E-state index in [0.717, 1.165) is 11.1 Å². The van der Waals surface area contributed by atoms with Crippen molar-refractivity contribution >= 4 is 5.91 Å². The van der Waals surface area contributed by atoms with E-state index in [-0.39, 0.29) is 0 Å². The molecular formula is C17H15F4NO. The third-order valence-corrected chi connectivity index (χ3v) is 3.54. The summed E-state index contributed by atoms with van der Waals surface area (Å²) >= 11 is 0. The molecule has 0 aliphatic rings. The van der Waals surface area contributed by atoms with Crippen LogP contribution >= 0.6 is 0 Å². The van der Waals surface area contributed by atoms with Crippen molar-refractivity contribution in [1.29, 1.82) is 0 Å². The number of nitrogens with one attached hydrogen (secondary N) is 1. The average molecular weight is 325 g/mol. The van der Waals surface area contributed by atoms with Crippen molar-refractivity contribution < 1.29 is 22.4 Å². The maximum Gasteiger partial charge on any atom is 0.254 e. The van der Waals surface area contributed by atoms with Crippen LogP contribution in [0.15, 0.2) is 30.3 Å². The Hall–Kier alpha value is -2.37. The number of carbonyl (C=O) groups is 1. The van der Waals surface area contributed by atoms with Gasteiger partial charge in [0.2, 0.25) is 0 Å². The van der Waals surface area contributed by atoms with Gasteiger partial charge in [-0.05, 0) is 25.0 Å². The standard InChI is InChI=1S/C17H15F4NO/c1-3-13(10-6-4-9(2)5-7-10)22-17(23)11-8-12(18)15(20)16(21)14(11)19/h4-8,13H,3H2,1-2H3,(H,22,23). The molecule has 0 heterocycles. The van der Waals surface area contributed by atoms with Gasteiger partial charge in [-0.15, -0.1) is 0 Å². The van der Waals surface area contributed by atoms with Crippen LogP contribution in [0.5, 0.6) is 0 Å². The van der Waals surface area contributed by atoms with Crippen LogP contribution in [0.25, 0.3) is 0 Å². The van der Waals surface area contributed by atoms with Crippen LogP contribution in [0.3, 0.4) is 0 Å². The number of hydrogen-bond donors (Lipinski definition) is 1. The van der Waals surface area contributed by atoms with Gasteiger partial charge in [-0.25, -0.2) is 17.6 Å². The van der Waals surface area contributed by atoms with Crippen LogP contribution in [0.4, 0.5) is 17.6 Å². The maximum atomic E-state index is 13.7. The second kappa shape index (κ2) is 6.81. The monoisotopic (exact) mass is 325 g/mol. The summed E-state index contributed by atoms with van der Waals surface area (Å²) in [4.78, 5) is 12.1. The summed E-state index contributed by atoms with van der Waals surface area (Å²) < 4.78 is 53.0. The molecule has 0 aliphatic heterocycles. The van der Waals surface area contributed by atoms with Gasteiger partial charge < -0.3 is 5.32 Å². The lowest BCUT2D eigenvalue weighted by Gasteiger charge is -2.18. The summed E-state index contributed by atoms with van der Waals surface area (Å²) in [5.74, 6) is -8.27. The van der Waals surface area contributed by atoms with E-state index < -0.39 is 40.8 Å². The van der Waals surface area contributed by atoms with Crippen molar-refractivity contribution in [3.05, 3.63) is 70.3 Å². The molecule has 2 nitrogen and oxygen atoms in total. The van der Waals surface area contributed by atoms with E-state index in [1.165, 1.54) is 0 Å². The zero-order chi connectivity index (χ0) is 17.1. The highest BCUT2D eigenvalue weighted by Crippen LogP contribution is 2.21. The smallest absolute Gasteiger partial charge is 0.254 e. The minimum atomic E-state index is -2.00. The van der Waals surface area contributed by atoms with Gasteiger partial charge in [0.05, 0.1) is 11.6 Å². The van der Waals surface area contributed by atoms with Crippen LogP contribution in [-0.2, 0) is 0 Å². The van der Waals surface area contributed by atoms with Crippen molar-refractivity contribution in [2.45, 2.75) is 26.3 Å². The van der Waals surface area contributed by atoms with Crippen LogP contribution in [0.2, 0.25) is 0 Å². The molecule has 2 aromatic rings. The summed E-state index contributed by atoms with van der Waals surface area (Å²) in [5.41, 5.74) is 0.936. The summed E-state index contributed by atoms with van der Waals surface area (Å²) in [5, 5.41) is 2.50. The molecule has 0 radical (unpaired) electrons. The van der Waals surface area contributed by atoms with Gasteiger partial charge in [0.15, 0.2) is 23.3 Å². The van der Waals surface area contributed by atoms with E-state index in [1.54, 1.807) is 19.1 Å². The fourth-order valence-electron chi connectivity index (χ4n) is 2.19. The van der Waals surface area contributed by atoms with Crippen molar-refractivity contribution in [2.75, 3.05) is 0 Å². The molecule has 2 aromatic carbocycles. The second-order valence-electron chi connectivity index (χ2n) is 5.19. The molecule has 0 bridgehead atoms. The van der Waals surface area contributed by atoms with Crippen molar-refractivity contribution in [3.8, 4) is 0 Å². The highest BCUT2D eigenvalue weighted by molar-refractivity contribution is 5.94. The average Bonchev–Trinajstić information content (AvgIpc) is 2.54. The first kappa shape index (κ1) is 17.0. The summed E-state index contributed by atoms with van der Waals surface area (Å²) in [7, 11) is 0. The summed E-state index contributed by atoms with van der Waals surface area (Å²) in [6, 6.07) is 7.19. The predicted octanol–water partition coefficient (Wildman–Crippen LogP) is 4.43. The van der Waals surface area contributed by atoms with Gasteiger partial charge in [0.25, 0.3) is 5.91 Å². The molecule has 1 amide bonds. The van der Waals surface area contributed by atoms with E-state index in [1.807, 2.05) is 19.1 Å². The Labute approximate surface area is 131 Å². The first-order valence-corrected chi connectivity index (χ1v) is 7.05. The minimum Gasteiger partial charge on any atom is -0.345 e. The Morgan fingerprint density at radius 2 is 1.65 bits per heavy atom. The molecule has 0 saturated carbocycles. The van der Waals surface area contributed by atoms with Gasteiger partial charge in [0.1, 0.15) is 0 Å². The first-order chi connectivity index (χ1) is 10.8. The Bertz CT molecular complexity index is 728. The summed E-state index contributed by atoms with van der Waals surface area (Å²) in [6.07, 6.45) is 0.489. The van der Waals surface area contributed by atoms with Crippen LogP contribution in [0.1, 0.15) is 40.9 Å². The molecule has 1 N–H and O–H groups in total. The van der Waals surface area contributed by atoms with E-state index in [2.05, 4.69) is 5.32 Å². The van der Waals surface area contributed by atoms with E-state index in [4.69, 9.17) is 0 Å². The Morgan fingerprint density at radius 1 is 1.04 bits per heavy atom. The van der Waals surface area contributed by atoms with Gasteiger partial charge >= 0.3 is 0 Å². The largest absolute Gasteiger partial charge is 0.345 e. The topological polar surface area (TPSA) is 29.1 Å².